The molecule has 1 saturated heterocycles. The van der Waals surface area contributed by atoms with Gasteiger partial charge in [0.1, 0.15) is 0 Å². The second kappa shape index (κ2) is 10.8. The van der Waals surface area contributed by atoms with Gasteiger partial charge in [0.2, 0.25) is 5.91 Å². The van der Waals surface area contributed by atoms with Crippen LogP contribution in [0, 0.1) is 0 Å². The fraction of sp³-hybridized carbons (Fsp3) is 0.278. The highest BCUT2D eigenvalue weighted by Crippen LogP contribution is 2.17. The number of amides is 2. The molecule has 2 heterocycles. The number of hydrogen-bond acceptors (Lipinski definition) is 4. The summed E-state index contributed by atoms with van der Waals surface area (Å²) in [6.45, 7) is 0.981. The van der Waals surface area contributed by atoms with E-state index in [1.54, 1.807) is 42.7 Å². The number of nitrogens with zero attached hydrogens (tertiary/aromatic N) is 1. The summed E-state index contributed by atoms with van der Waals surface area (Å²) in [5.41, 5.74) is 1.84. The predicted octanol–water partition coefficient (Wildman–Crippen LogP) is 3.26. The van der Waals surface area contributed by atoms with Crippen LogP contribution in [0.1, 0.15) is 29.6 Å². The summed E-state index contributed by atoms with van der Waals surface area (Å²) < 4.78 is 0. The van der Waals surface area contributed by atoms with Crippen molar-refractivity contribution in [3.05, 3.63) is 54.4 Å². The number of hydrogen-bond donors (Lipinski definition) is 3. The number of anilines is 2. The van der Waals surface area contributed by atoms with Gasteiger partial charge in [-0.05, 0) is 49.7 Å². The van der Waals surface area contributed by atoms with Crippen molar-refractivity contribution in [1.29, 1.82) is 0 Å². The maximum Gasteiger partial charge on any atom is 0.255 e. The highest BCUT2D eigenvalue weighted by Gasteiger charge is 2.17. The molecule has 2 aromatic rings. The molecule has 3 N–H and O–H groups in total. The minimum absolute atomic E-state index is 0. The molecule has 0 bridgehead atoms. The second-order valence-corrected chi connectivity index (χ2v) is 5.82. The zero-order valence-corrected chi connectivity index (χ0v) is 15.7. The molecule has 6 nitrogen and oxygen atoms in total. The zero-order chi connectivity index (χ0) is 16.8. The fourth-order valence-corrected chi connectivity index (χ4v) is 2.75. The van der Waals surface area contributed by atoms with E-state index in [4.69, 9.17) is 0 Å². The maximum atomic E-state index is 12.1. The third-order valence-electron chi connectivity index (χ3n) is 3.94. The Balaban J connectivity index is 0.00000169. The summed E-state index contributed by atoms with van der Waals surface area (Å²) in [5, 5.41) is 9.00. The SMILES string of the molecule is Cl.Cl.O=C(CC1CCCN1)Nc1cccc(NC(=O)c2ccncc2)c1. The van der Waals surface area contributed by atoms with Crippen molar-refractivity contribution in [2.75, 3.05) is 17.2 Å². The van der Waals surface area contributed by atoms with Crippen LogP contribution in [0.5, 0.6) is 0 Å². The van der Waals surface area contributed by atoms with Crippen LogP contribution in [0.25, 0.3) is 0 Å². The molecule has 140 valence electrons. The van der Waals surface area contributed by atoms with Gasteiger partial charge in [0, 0.05) is 41.8 Å². The average Bonchev–Trinajstić information content (AvgIpc) is 3.08. The van der Waals surface area contributed by atoms with Crippen LogP contribution in [0.3, 0.4) is 0 Å². The summed E-state index contributed by atoms with van der Waals surface area (Å²) in [4.78, 5) is 28.1. The van der Waals surface area contributed by atoms with Gasteiger partial charge in [-0.1, -0.05) is 6.07 Å². The first-order chi connectivity index (χ1) is 11.7. The smallest absolute Gasteiger partial charge is 0.255 e. The van der Waals surface area contributed by atoms with Crippen LogP contribution in [0.15, 0.2) is 48.8 Å². The molecule has 0 radical (unpaired) electrons. The molecule has 26 heavy (non-hydrogen) atoms. The highest BCUT2D eigenvalue weighted by molar-refractivity contribution is 6.04. The largest absolute Gasteiger partial charge is 0.326 e. The van der Waals surface area contributed by atoms with Crippen LogP contribution >= 0.6 is 24.8 Å². The van der Waals surface area contributed by atoms with Gasteiger partial charge in [0.15, 0.2) is 0 Å². The van der Waals surface area contributed by atoms with Crippen molar-refractivity contribution in [2.45, 2.75) is 25.3 Å². The van der Waals surface area contributed by atoms with Gasteiger partial charge in [-0.15, -0.1) is 24.8 Å². The van der Waals surface area contributed by atoms with Crippen molar-refractivity contribution < 1.29 is 9.59 Å². The number of carbonyl (C=O) groups excluding carboxylic acids is 2. The lowest BCUT2D eigenvalue weighted by Gasteiger charge is -2.11. The fourth-order valence-electron chi connectivity index (χ4n) is 2.75. The molecule has 0 aliphatic carbocycles. The standard InChI is InChI=1S/C18H20N4O2.2ClH/c23-17(12-14-5-2-8-20-14)21-15-3-1-4-16(11-15)22-18(24)13-6-9-19-10-7-13;;/h1,3-4,6-7,9-11,14,20H,2,5,8,12H2,(H,21,23)(H,22,24);2*1H. The van der Waals surface area contributed by atoms with Crippen molar-refractivity contribution >= 4 is 48.0 Å². The first-order valence-corrected chi connectivity index (χ1v) is 8.05. The van der Waals surface area contributed by atoms with Crippen molar-refractivity contribution in [3.63, 3.8) is 0 Å². The molecule has 3 rings (SSSR count). The Labute approximate surface area is 165 Å². The molecular formula is C18H22Cl2N4O2. The molecule has 0 saturated carbocycles. The summed E-state index contributed by atoms with van der Waals surface area (Å²) in [6.07, 6.45) is 5.77. The third-order valence-corrected chi connectivity index (χ3v) is 3.94. The molecule has 1 aliphatic heterocycles. The van der Waals surface area contributed by atoms with Crippen molar-refractivity contribution in [1.82, 2.24) is 10.3 Å². The zero-order valence-electron chi connectivity index (χ0n) is 14.1. The minimum atomic E-state index is -0.212. The van der Waals surface area contributed by atoms with Gasteiger partial charge >= 0.3 is 0 Å². The number of nitrogens with one attached hydrogen (secondary N) is 3. The van der Waals surface area contributed by atoms with Gasteiger partial charge in [0.25, 0.3) is 5.91 Å². The van der Waals surface area contributed by atoms with Crippen molar-refractivity contribution in [2.24, 2.45) is 0 Å². The van der Waals surface area contributed by atoms with Crippen LogP contribution in [-0.4, -0.2) is 29.4 Å². The summed E-state index contributed by atoms with van der Waals surface area (Å²) >= 11 is 0. The number of carbonyl (C=O) groups is 2. The third kappa shape index (κ3) is 6.29. The Morgan fingerprint density at radius 3 is 2.42 bits per heavy atom. The molecule has 0 spiro atoms. The van der Waals surface area contributed by atoms with E-state index in [0.717, 1.165) is 19.4 Å². The van der Waals surface area contributed by atoms with Crippen LogP contribution < -0.4 is 16.0 Å². The monoisotopic (exact) mass is 396 g/mol. The van der Waals surface area contributed by atoms with E-state index >= 15 is 0 Å². The number of benzene rings is 1. The Morgan fingerprint density at radius 2 is 1.77 bits per heavy atom. The van der Waals surface area contributed by atoms with Crippen LogP contribution in [-0.2, 0) is 4.79 Å². The number of aromatic nitrogens is 1. The number of halogens is 2. The highest BCUT2D eigenvalue weighted by atomic mass is 35.5. The van der Waals surface area contributed by atoms with E-state index in [0.29, 0.717) is 23.4 Å². The van der Waals surface area contributed by atoms with E-state index in [1.165, 1.54) is 0 Å². The predicted molar refractivity (Wildman–Crippen MR) is 107 cm³/mol. The van der Waals surface area contributed by atoms with E-state index in [2.05, 4.69) is 20.9 Å². The first-order valence-electron chi connectivity index (χ1n) is 8.05. The van der Waals surface area contributed by atoms with Gasteiger partial charge < -0.3 is 16.0 Å². The van der Waals surface area contributed by atoms with E-state index in [1.807, 2.05) is 6.07 Å². The van der Waals surface area contributed by atoms with E-state index in [-0.39, 0.29) is 42.7 Å². The molecule has 1 aromatic heterocycles. The van der Waals surface area contributed by atoms with Gasteiger partial charge in [0.05, 0.1) is 0 Å². The second-order valence-electron chi connectivity index (χ2n) is 5.82. The molecule has 1 unspecified atom stereocenters. The summed E-state index contributed by atoms with van der Waals surface area (Å²) in [6, 6.07) is 10.7. The first kappa shape index (κ1) is 21.9. The Bertz CT molecular complexity index is 722. The van der Waals surface area contributed by atoms with Gasteiger partial charge in [-0.2, -0.15) is 0 Å². The topological polar surface area (TPSA) is 83.1 Å². The molecule has 2 amide bonds. The normalized spacial score (nSPS) is 15.3. The Hall–Kier alpha value is -2.15. The number of pyridine rings is 1. The quantitative estimate of drug-likeness (QED) is 0.723. The molecule has 1 atom stereocenters. The average molecular weight is 397 g/mol. The van der Waals surface area contributed by atoms with E-state index < -0.39 is 0 Å². The molecule has 1 aromatic carbocycles. The lowest BCUT2D eigenvalue weighted by atomic mass is 10.1. The summed E-state index contributed by atoms with van der Waals surface area (Å²) in [5.74, 6) is -0.233. The van der Waals surface area contributed by atoms with Gasteiger partial charge in [-0.25, -0.2) is 0 Å². The van der Waals surface area contributed by atoms with Crippen LogP contribution in [0.4, 0.5) is 11.4 Å². The minimum Gasteiger partial charge on any atom is -0.326 e. The molecular weight excluding hydrogens is 375 g/mol. The molecule has 1 fully saturated rings. The Morgan fingerprint density at radius 1 is 1.08 bits per heavy atom. The Kier molecular flexibility index (Phi) is 9.05. The van der Waals surface area contributed by atoms with Gasteiger partial charge in [-0.3, -0.25) is 14.6 Å². The maximum absolute atomic E-state index is 12.1. The number of rotatable bonds is 5. The lowest BCUT2D eigenvalue weighted by Crippen LogP contribution is -2.27. The summed E-state index contributed by atoms with van der Waals surface area (Å²) in [7, 11) is 0. The molecule has 8 heteroatoms. The molecule has 1 aliphatic rings. The van der Waals surface area contributed by atoms with Crippen molar-refractivity contribution in [3.8, 4) is 0 Å². The van der Waals surface area contributed by atoms with E-state index in [9.17, 15) is 9.59 Å². The van der Waals surface area contributed by atoms with Crippen LogP contribution in [0.2, 0.25) is 0 Å². The lowest BCUT2D eigenvalue weighted by molar-refractivity contribution is -0.116.